The lowest BCUT2D eigenvalue weighted by Crippen LogP contribution is -2.37. The van der Waals surface area contributed by atoms with Gasteiger partial charge in [0.25, 0.3) is 5.91 Å². The summed E-state index contributed by atoms with van der Waals surface area (Å²) in [6.45, 7) is 1.74. The van der Waals surface area contributed by atoms with E-state index in [1.165, 1.54) is 9.71 Å². The van der Waals surface area contributed by atoms with Gasteiger partial charge < -0.3 is 14.4 Å². The van der Waals surface area contributed by atoms with Crippen LogP contribution in [-0.2, 0) is 0 Å². The maximum absolute atomic E-state index is 12.8. The highest BCUT2D eigenvalue weighted by Crippen LogP contribution is 2.35. The molecule has 5 nitrogen and oxygen atoms in total. The summed E-state index contributed by atoms with van der Waals surface area (Å²) in [6, 6.07) is 13.7. The summed E-state index contributed by atoms with van der Waals surface area (Å²) in [7, 11) is 0. The van der Waals surface area contributed by atoms with Gasteiger partial charge >= 0.3 is 0 Å². The van der Waals surface area contributed by atoms with Crippen molar-refractivity contribution in [3.05, 3.63) is 53.0 Å². The molecule has 1 aromatic heterocycles. The highest BCUT2D eigenvalue weighted by Gasteiger charge is 2.27. The number of piperidine rings is 1. The number of carbonyl (C=O) groups is 1. The van der Waals surface area contributed by atoms with Crippen molar-refractivity contribution >= 4 is 27.5 Å². The number of benzene rings is 2. The van der Waals surface area contributed by atoms with Crippen LogP contribution in [0.4, 0.5) is 0 Å². The zero-order valence-electron chi connectivity index (χ0n) is 14.2. The first-order chi connectivity index (χ1) is 12.8. The van der Waals surface area contributed by atoms with Crippen LogP contribution >= 0.6 is 11.3 Å². The molecule has 6 heteroatoms. The van der Waals surface area contributed by atoms with Crippen molar-refractivity contribution in [1.29, 1.82) is 0 Å². The summed E-state index contributed by atoms with van der Waals surface area (Å²) >= 11 is 1.78. The van der Waals surface area contributed by atoms with Crippen LogP contribution in [0.1, 0.15) is 34.1 Å². The number of likely N-dealkylation sites (tertiary alicyclic amines) is 1. The molecular formula is C20H18N2O3S. The van der Waals surface area contributed by atoms with E-state index >= 15 is 0 Å². The van der Waals surface area contributed by atoms with Gasteiger partial charge in [-0.3, -0.25) is 4.79 Å². The highest BCUT2D eigenvalue weighted by atomic mass is 32.1. The number of para-hydroxylation sites is 1. The number of hydrogen-bond donors (Lipinski definition) is 0. The second kappa shape index (κ2) is 6.29. The third kappa shape index (κ3) is 2.70. The Morgan fingerprint density at radius 3 is 2.73 bits per heavy atom. The quantitative estimate of drug-likeness (QED) is 0.687. The van der Waals surface area contributed by atoms with E-state index < -0.39 is 0 Å². The number of thiazole rings is 1. The van der Waals surface area contributed by atoms with Crippen molar-refractivity contribution in [1.82, 2.24) is 9.88 Å². The average Bonchev–Trinajstić information content (AvgIpc) is 3.33. The maximum atomic E-state index is 12.8. The van der Waals surface area contributed by atoms with E-state index in [4.69, 9.17) is 14.5 Å². The van der Waals surface area contributed by atoms with Gasteiger partial charge in [-0.05, 0) is 43.2 Å². The van der Waals surface area contributed by atoms with E-state index in [-0.39, 0.29) is 12.7 Å². The van der Waals surface area contributed by atoms with Crippen LogP contribution in [0.5, 0.6) is 11.5 Å². The predicted octanol–water partition coefficient (Wildman–Crippen LogP) is 4.04. The molecule has 0 saturated carbocycles. The molecule has 5 rings (SSSR count). The molecule has 0 spiro atoms. The molecule has 0 atom stereocenters. The van der Waals surface area contributed by atoms with E-state index in [9.17, 15) is 4.79 Å². The molecule has 3 aromatic rings. The van der Waals surface area contributed by atoms with E-state index in [0.29, 0.717) is 23.0 Å². The molecule has 3 heterocycles. The molecule has 0 radical (unpaired) electrons. The number of amides is 1. The van der Waals surface area contributed by atoms with Gasteiger partial charge in [-0.15, -0.1) is 11.3 Å². The topological polar surface area (TPSA) is 51.7 Å². The first-order valence-corrected chi connectivity index (χ1v) is 9.64. The Labute approximate surface area is 155 Å². The molecule has 1 amide bonds. The lowest BCUT2D eigenvalue weighted by atomic mass is 9.97. The Morgan fingerprint density at radius 2 is 1.88 bits per heavy atom. The van der Waals surface area contributed by atoms with Crippen molar-refractivity contribution in [2.45, 2.75) is 18.8 Å². The first kappa shape index (κ1) is 15.6. The van der Waals surface area contributed by atoms with Crippen LogP contribution in [0.15, 0.2) is 42.5 Å². The third-order valence-electron chi connectivity index (χ3n) is 5.06. The minimum atomic E-state index is 0.0612. The van der Waals surface area contributed by atoms with Gasteiger partial charge in [-0.2, -0.15) is 0 Å². The molecule has 0 bridgehead atoms. The Morgan fingerprint density at radius 1 is 1.08 bits per heavy atom. The number of ether oxygens (including phenoxy) is 2. The van der Waals surface area contributed by atoms with Crippen molar-refractivity contribution in [3.63, 3.8) is 0 Å². The lowest BCUT2D eigenvalue weighted by Gasteiger charge is -2.31. The van der Waals surface area contributed by atoms with Crippen LogP contribution in [-0.4, -0.2) is 35.7 Å². The number of carbonyl (C=O) groups excluding carboxylic acids is 1. The zero-order chi connectivity index (χ0) is 17.5. The van der Waals surface area contributed by atoms with Crippen molar-refractivity contribution in [3.8, 4) is 11.5 Å². The van der Waals surface area contributed by atoms with Gasteiger partial charge in [0, 0.05) is 24.6 Å². The van der Waals surface area contributed by atoms with E-state index in [0.717, 1.165) is 31.4 Å². The number of nitrogens with zero attached hydrogens (tertiary/aromatic N) is 2. The van der Waals surface area contributed by atoms with Crippen molar-refractivity contribution in [2.24, 2.45) is 0 Å². The Kier molecular flexibility index (Phi) is 3.78. The van der Waals surface area contributed by atoms with E-state index in [1.807, 2.05) is 23.1 Å². The van der Waals surface area contributed by atoms with Crippen LogP contribution in [0, 0.1) is 0 Å². The lowest BCUT2D eigenvalue weighted by molar-refractivity contribution is 0.0712. The minimum Gasteiger partial charge on any atom is -0.454 e. The standard InChI is InChI=1S/C20H18N2O3S/c23-20(14-5-6-16-17(11-14)25-12-24-16)22-9-7-13(8-10-22)19-21-15-3-1-2-4-18(15)26-19/h1-6,11,13H,7-10,12H2. The molecule has 2 aliphatic rings. The molecule has 2 aliphatic heterocycles. The number of hydrogen-bond acceptors (Lipinski definition) is 5. The minimum absolute atomic E-state index is 0.0612. The van der Waals surface area contributed by atoms with Gasteiger partial charge in [0.05, 0.1) is 15.2 Å². The van der Waals surface area contributed by atoms with Crippen molar-refractivity contribution in [2.75, 3.05) is 19.9 Å². The molecule has 1 saturated heterocycles. The molecule has 132 valence electrons. The van der Waals surface area contributed by atoms with Crippen LogP contribution in [0.3, 0.4) is 0 Å². The molecule has 2 aromatic carbocycles. The molecule has 26 heavy (non-hydrogen) atoms. The van der Waals surface area contributed by atoms with Crippen LogP contribution in [0.25, 0.3) is 10.2 Å². The molecule has 0 N–H and O–H groups in total. The molecule has 0 aliphatic carbocycles. The van der Waals surface area contributed by atoms with Gasteiger partial charge in [-0.25, -0.2) is 4.98 Å². The Balaban J connectivity index is 1.28. The largest absolute Gasteiger partial charge is 0.454 e. The summed E-state index contributed by atoms with van der Waals surface area (Å²) in [4.78, 5) is 19.5. The monoisotopic (exact) mass is 366 g/mol. The fourth-order valence-corrected chi connectivity index (χ4v) is 4.74. The first-order valence-electron chi connectivity index (χ1n) is 8.82. The summed E-state index contributed by atoms with van der Waals surface area (Å²) < 4.78 is 11.9. The number of aromatic nitrogens is 1. The second-order valence-electron chi connectivity index (χ2n) is 6.65. The number of rotatable bonds is 2. The van der Waals surface area contributed by atoms with Crippen LogP contribution < -0.4 is 9.47 Å². The van der Waals surface area contributed by atoms with Gasteiger partial charge in [0.2, 0.25) is 6.79 Å². The summed E-state index contributed by atoms with van der Waals surface area (Å²) in [5, 5.41) is 1.20. The van der Waals surface area contributed by atoms with Gasteiger partial charge in [-0.1, -0.05) is 12.1 Å². The molecule has 0 unspecified atom stereocenters. The highest BCUT2D eigenvalue weighted by molar-refractivity contribution is 7.18. The van der Waals surface area contributed by atoms with Gasteiger partial charge in [0.15, 0.2) is 11.5 Å². The Bertz CT molecular complexity index is 943. The summed E-state index contributed by atoms with van der Waals surface area (Å²) in [5.41, 5.74) is 1.74. The summed E-state index contributed by atoms with van der Waals surface area (Å²) in [5.74, 6) is 1.86. The summed E-state index contributed by atoms with van der Waals surface area (Å²) in [6.07, 6.45) is 1.91. The Hall–Kier alpha value is -2.60. The van der Waals surface area contributed by atoms with E-state index in [1.54, 1.807) is 17.4 Å². The molecule has 1 fully saturated rings. The predicted molar refractivity (Wildman–Crippen MR) is 100 cm³/mol. The zero-order valence-corrected chi connectivity index (χ0v) is 15.0. The van der Waals surface area contributed by atoms with Gasteiger partial charge in [0.1, 0.15) is 0 Å². The fourth-order valence-electron chi connectivity index (χ4n) is 3.61. The fraction of sp³-hybridized carbons (Fsp3) is 0.300. The SMILES string of the molecule is O=C(c1ccc2c(c1)OCO2)N1CCC(c2nc3ccccc3s2)CC1. The second-order valence-corrected chi connectivity index (χ2v) is 7.72. The maximum Gasteiger partial charge on any atom is 0.253 e. The number of fused-ring (bicyclic) bond motifs is 2. The van der Waals surface area contributed by atoms with E-state index in [2.05, 4.69) is 18.2 Å². The van der Waals surface area contributed by atoms with Crippen molar-refractivity contribution < 1.29 is 14.3 Å². The van der Waals surface area contributed by atoms with Crippen LogP contribution in [0.2, 0.25) is 0 Å². The normalized spacial score (nSPS) is 17.0. The third-order valence-corrected chi connectivity index (χ3v) is 6.26. The molecular weight excluding hydrogens is 348 g/mol. The average molecular weight is 366 g/mol. The smallest absolute Gasteiger partial charge is 0.253 e.